The third kappa shape index (κ3) is 7.50. The molecule has 3 aromatic rings. The number of carbonyl (C=O) groups excluding carboxylic acids is 1. The zero-order valence-corrected chi connectivity index (χ0v) is 21.9. The Labute approximate surface area is 224 Å². The van der Waals surface area contributed by atoms with Gasteiger partial charge in [0.1, 0.15) is 0 Å². The van der Waals surface area contributed by atoms with Gasteiger partial charge in [0.2, 0.25) is 5.79 Å². The Balaban J connectivity index is 0.00000216. The average Bonchev–Trinajstić information content (AvgIpc) is 3.44. The molecule has 1 fully saturated rings. The van der Waals surface area contributed by atoms with Crippen LogP contribution < -0.4 is 5.32 Å². The Hall–Kier alpha value is -1.98. The first-order valence-corrected chi connectivity index (χ1v) is 12.1. The molecule has 4 rings (SSSR count). The summed E-state index contributed by atoms with van der Waals surface area (Å²) in [5.41, 5.74) is 1.40. The predicted molar refractivity (Wildman–Crippen MR) is 140 cm³/mol. The van der Waals surface area contributed by atoms with Gasteiger partial charge in [0.05, 0.1) is 37.2 Å². The largest absolute Gasteiger partial charge is 0.450 e. The van der Waals surface area contributed by atoms with Crippen molar-refractivity contribution < 1.29 is 24.5 Å². The van der Waals surface area contributed by atoms with Crippen molar-refractivity contribution in [3.05, 3.63) is 76.8 Å². The summed E-state index contributed by atoms with van der Waals surface area (Å²) in [6.07, 6.45) is 4.66. The molecule has 1 saturated heterocycles. The van der Waals surface area contributed by atoms with Crippen LogP contribution in [0.1, 0.15) is 12.5 Å². The fourth-order valence-corrected chi connectivity index (χ4v) is 4.91. The first kappa shape index (κ1) is 29.3. The summed E-state index contributed by atoms with van der Waals surface area (Å²) in [5, 5.41) is 3.72. The van der Waals surface area contributed by atoms with Crippen molar-refractivity contribution in [2.24, 2.45) is 0 Å². The van der Waals surface area contributed by atoms with E-state index < -0.39 is 11.9 Å². The molecule has 12 heteroatoms. The van der Waals surface area contributed by atoms with Gasteiger partial charge in [0.15, 0.2) is 0 Å². The smallest absolute Gasteiger partial charge is 0.411 e. The van der Waals surface area contributed by atoms with Crippen molar-refractivity contribution >= 4 is 59.2 Å². The molecule has 8 nitrogen and oxygen atoms in total. The monoisotopic (exact) mass is 561 g/mol. The Morgan fingerprint density at radius 1 is 1.29 bits per heavy atom. The third-order valence-corrected chi connectivity index (χ3v) is 6.65. The molecule has 3 N–H and O–H groups in total. The number of halogens is 3. The molecule has 190 valence electrons. The van der Waals surface area contributed by atoms with Gasteiger partial charge in [-0.2, -0.15) is 0 Å². The summed E-state index contributed by atoms with van der Waals surface area (Å²) in [6.45, 7) is 2.92. The quantitative estimate of drug-likeness (QED) is 0.368. The highest BCUT2D eigenvalue weighted by Crippen LogP contribution is 2.41. The minimum atomic E-state index is -1.04. The minimum absolute atomic E-state index is 0. The van der Waals surface area contributed by atoms with Gasteiger partial charge in [0, 0.05) is 39.3 Å². The van der Waals surface area contributed by atoms with Gasteiger partial charge in [-0.05, 0) is 43.3 Å². The van der Waals surface area contributed by atoms with Crippen LogP contribution >= 0.6 is 47.4 Å². The number of aromatic nitrogens is 2. The number of nitrogens with one attached hydrogen (secondary N) is 1. The maximum Gasteiger partial charge on any atom is 0.411 e. The molecular weight excluding hydrogens is 537 g/mol. The average molecular weight is 563 g/mol. The highest BCUT2D eigenvalue weighted by atomic mass is 35.5. The molecule has 1 aromatic heterocycles. The predicted octanol–water partition coefficient (Wildman–Crippen LogP) is 5.42. The van der Waals surface area contributed by atoms with Crippen LogP contribution in [0.2, 0.25) is 10.0 Å². The summed E-state index contributed by atoms with van der Waals surface area (Å²) in [6, 6.07) is 12.9. The standard InChI is InChI=1S/C23H23Cl2N3O4S.ClH.H2O/c1-2-30-22(29)27-17-4-6-19(7-5-17)33-13-18-12-31-23(32-18,14-28-10-9-26-15-28)20-8-3-16(24)11-21(20)25;;/h3-11,15,18H,2,12-14H2,1H3,(H,27,29);1H;1H2. The summed E-state index contributed by atoms with van der Waals surface area (Å²) in [5.74, 6) is -0.359. The van der Waals surface area contributed by atoms with Crippen molar-refractivity contribution in [3.63, 3.8) is 0 Å². The highest BCUT2D eigenvalue weighted by Gasteiger charge is 2.45. The lowest BCUT2D eigenvalue weighted by molar-refractivity contribution is -0.184. The van der Waals surface area contributed by atoms with Crippen LogP contribution in [-0.4, -0.2) is 46.2 Å². The van der Waals surface area contributed by atoms with E-state index in [2.05, 4.69) is 10.3 Å². The molecule has 0 bridgehead atoms. The Kier molecular flexibility index (Phi) is 11.2. The van der Waals surface area contributed by atoms with Crippen molar-refractivity contribution in [2.45, 2.75) is 30.3 Å². The van der Waals surface area contributed by atoms with E-state index >= 15 is 0 Å². The van der Waals surface area contributed by atoms with Gasteiger partial charge < -0.3 is 24.3 Å². The molecule has 0 aliphatic carbocycles. The lowest BCUT2D eigenvalue weighted by Gasteiger charge is -2.30. The molecule has 0 radical (unpaired) electrons. The maximum absolute atomic E-state index is 11.5. The number of carbonyl (C=O) groups is 1. The van der Waals surface area contributed by atoms with Gasteiger partial charge in [-0.15, -0.1) is 24.2 Å². The van der Waals surface area contributed by atoms with E-state index in [1.165, 1.54) is 0 Å². The second-order valence-corrected chi connectivity index (χ2v) is 9.28. The van der Waals surface area contributed by atoms with Crippen LogP contribution in [0, 0.1) is 0 Å². The highest BCUT2D eigenvalue weighted by molar-refractivity contribution is 7.99. The van der Waals surface area contributed by atoms with Crippen LogP contribution in [0.5, 0.6) is 0 Å². The first-order chi connectivity index (χ1) is 16.0. The number of rotatable bonds is 8. The molecular formula is C23H26Cl3N3O5S. The number of benzene rings is 2. The summed E-state index contributed by atoms with van der Waals surface area (Å²) < 4.78 is 19.5. The number of imidazole rings is 1. The summed E-state index contributed by atoms with van der Waals surface area (Å²) in [4.78, 5) is 16.7. The molecule has 1 aliphatic heterocycles. The van der Waals surface area contributed by atoms with E-state index in [9.17, 15) is 4.79 Å². The lowest BCUT2D eigenvalue weighted by Crippen LogP contribution is -2.34. The molecule has 2 unspecified atom stereocenters. The van der Waals surface area contributed by atoms with Gasteiger partial charge in [-0.25, -0.2) is 9.78 Å². The number of hydrogen-bond donors (Lipinski definition) is 1. The van der Waals surface area contributed by atoms with Gasteiger partial charge in [-0.3, -0.25) is 5.32 Å². The van der Waals surface area contributed by atoms with E-state index in [0.29, 0.717) is 41.2 Å². The number of anilines is 1. The van der Waals surface area contributed by atoms with Gasteiger partial charge in [0.25, 0.3) is 0 Å². The van der Waals surface area contributed by atoms with E-state index in [0.717, 1.165) is 10.5 Å². The van der Waals surface area contributed by atoms with Crippen molar-refractivity contribution in [2.75, 3.05) is 24.3 Å². The zero-order valence-electron chi connectivity index (χ0n) is 18.8. The van der Waals surface area contributed by atoms with E-state index in [4.69, 9.17) is 37.4 Å². The normalized spacial score (nSPS) is 18.9. The summed E-state index contributed by atoms with van der Waals surface area (Å²) >= 11 is 14.3. The second-order valence-electron chi connectivity index (χ2n) is 7.34. The number of hydrogen-bond acceptors (Lipinski definition) is 6. The van der Waals surface area contributed by atoms with Crippen LogP contribution in [0.25, 0.3) is 0 Å². The SMILES string of the molecule is CCOC(=O)Nc1ccc(SCC2COC(Cn3ccnc3)(c3ccc(Cl)cc3Cl)O2)cc1.Cl.O. The topological polar surface area (TPSA) is 106 Å². The third-order valence-electron chi connectivity index (χ3n) is 4.96. The molecule has 1 amide bonds. The zero-order chi connectivity index (χ0) is 23.3. The molecule has 2 aromatic carbocycles. The fourth-order valence-electron chi connectivity index (χ4n) is 3.48. The number of ether oxygens (including phenoxy) is 3. The van der Waals surface area contributed by atoms with Gasteiger partial charge in [-0.1, -0.05) is 29.3 Å². The van der Waals surface area contributed by atoms with E-state index in [-0.39, 0.29) is 24.0 Å². The number of thioether (sulfide) groups is 1. The molecule has 1 aliphatic rings. The maximum atomic E-state index is 11.5. The van der Waals surface area contributed by atoms with E-state index in [1.807, 2.05) is 41.1 Å². The second kappa shape index (κ2) is 13.4. The Morgan fingerprint density at radius 2 is 2.06 bits per heavy atom. The summed E-state index contributed by atoms with van der Waals surface area (Å²) in [7, 11) is 0. The van der Waals surface area contributed by atoms with Crippen molar-refractivity contribution in [1.29, 1.82) is 0 Å². The molecule has 0 spiro atoms. The number of nitrogens with zero attached hydrogens (tertiary/aromatic N) is 2. The van der Waals surface area contributed by atoms with Crippen molar-refractivity contribution in [3.8, 4) is 0 Å². The molecule has 2 atom stereocenters. The Morgan fingerprint density at radius 3 is 2.71 bits per heavy atom. The van der Waals surface area contributed by atoms with Crippen LogP contribution in [0.4, 0.5) is 10.5 Å². The number of amides is 1. The van der Waals surface area contributed by atoms with Crippen LogP contribution in [0.15, 0.2) is 66.1 Å². The van der Waals surface area contributed by atoms with E-state index in [1.54, 1.807) is 43.3 Å². The fraction of sp³-hybridized carbons (Fsp3) is 0.304. The van der Waals surface area contributed by atoms with Crippen LogP contribution in [0.3, 0.4) is 0 Å². The Bertz CT molecular complexity index is 1090. The molecule has 35 heavy (non-hydrogen) atoms. The first-order valence-electron chi connectivity index (χ1n) is 10.4. The lowest BCUT2D eigenvalue weighted by atomic mass is 10.1. The molecule has 2 heterocycles. The van der Waals surface area contributed by atoms with Crippen LogP contribution in [-0.2, 0) is 26.5 Å². The van der Waals surface area contributed by atoms with Gasteiger partial charge >= 0.3 is 6.09 Å². The molecule has 0 saturated carbocycles. The minimum Gasteiger partial charge on any atom is -0.450 e. The van der Waals surface area contributed by atoms with Crippen molar-refractivity contribution in [1.82, 2.24) is 9.55 Å².